The molecule has 0 aromatic carbocycles. The van der Waals surface area contributed by atoms with Crippen LogP contribution in [0.1, 0.15) is 5.69 Å². The van der Waals surface area contributed by atoms with Crippen molar-refractivity contribution in [2.75, 3.05) is 13.1 Å². The first kappa shape index (κ1) is 9.53. The molecule has 0 saturated carbocycles. The molecule has 6 nitrogen and oxygen atoms in total. The van der Waals surface area contributed by atoms with Crippen LogP contribution in [0.2, 0.25) is 0 Å². The zero-order valence-corrected chi connectivity index (χ0v) is 7.33. The van der Waals surface area contributed by atoms with Crippen LogP contribution in [-0.4, -0.2) is 29.0 Å². The van der Waals surface area contributed by atoms with E-state index in [4.69, 9.17) is 11.5 Å². The minimum absolute atomic E-state index is 0.128. The van der Waals surface area contributed by atoms with Crippen LogP contribution in [0, 0.1) is 0 Å². The summed E-state index contributed by atoms with van der Waals surface area (Å²) >= 11 is 0. The molecule has 0 aliphatic heterocycles. The van der Waals surface area contributed by atoms with Crippen molar-refractivity contribution >= 4 is 5.96 Å². The molecule has 0 unspecified atom stereocenters. The topological polar surface area (TPSA) is 105 Å². The molecule has 72 valence electrons. The van der Waals surface area contributed by atoms with Gasteiger partial charge in [-0.05, 0) is 0 Å². The van der Waals surface area contributed by atoms with Crippen LogP contribution < -0.4 is 16.8 Å². The molecule has 1 aromatic rings. The van der Waals surface area contributed by atoms with Gasteiger partial charge in [-0.25, -0.2) is 4.98 Å². The smallest absolute Gasteiger partial charge is 0.185 e. The number of guanidine groups is 1. The lowest BCUT2D eigenvalue weighted by molar-refractivity contribution is 0.685. The van der Waals surface area contributed by atoms with E-state index in [-0.39, 0.29) is 5.96 Å². The lowest BCUT2D eigenvalue weighted by Crippen LogP contribution is -2.25. The Balaban J connectivity index is 2.05. The highest BCUT2D eigenvalue weighted by Crippen LogP contribution is 1.87. The monoisotopic (exact) mass is 182 g/mol. The number of rotatable bonds is 5. The van der Waals surface area contributed by atoms with Gasteiger partial charge in [-0.15, -0.1) is 0 Å². The predicted octanol–water partition coefficient (Wildman–Crippen LogP) is -1.23. The maximum atomic E-state index is 5.15. The molecule has 0 aliphatic rings. The van der Waals surface area contributed by atoms with Gasteiger partial charge in [-0.3, -0.25) is 4.99 Å². The van der Waals surface area contributed by atoms with E-state index in [1.165, 1.54) is 0 Å². The summed E-state index contributed by atoms with van der Waals surface area (Å²) in [7, 11) is 0. The average Bonchev–Trinajstić information content (AvgIpc) is 2.55. The Morgan fingerprint density at radius 2 is 2.46 bits per heavy atom. The number of aliphatic imine (C=N–C) groups is 1. The number of hydrogen-bond acceptors (Lipinski definition) is 3. The summed E-state index contributed by atoms with van der Waals surface area (Å²) in [5, 5.41) is 3.15. The van der Waals surface area contributed by atoms with Gasteiger partial charge in [0.15, 0.2) is 5.96 Å². The first-order chi connectivity index (χ1) is 6.29. The van der Waals surface area contributed by atoms with Crippen molar-refractivity contribution in [2.45, 2.75) is 6.54 Å². The van der Waals surface area contributed by atoms with E-state index in [0.29, 0.717) is 6.54 Å². The molecule has 0 fully saturated rings. The van der Waals surface area contributed by atoms with Gasteiger partial charge in [0.25, 0.3) is 0 Å². The van der Waals surface area contributed by atoms with Gasteiger partial charge in [-0.1, -0.05) is 0 Å². The molecule has 0 saturated heterocycles. The Morgan fingerprint density at radius 3 is 3.08 bits per heavy atom. The molecule has 6 heteroatoms. The van der Waals surface area contributed by atoms with Gasteiger partial charge in [0.05, 0.1) is 12.9 Å². The number of nitrogens with two attached hydrogens (primary N) is 2. The lowest BCUT2D eigenvalue weighted by atomic mass is 10.4. The second-order valence-electron chi connectivity index (χ2n) is 2.56. The van der Waals surface area contributed by atoms with E-state index in [9.17, 15) is 0 Å². The fraction of sp³-hybridized carbons (Fsp3) is 0.429. The molecule has 0 radical (unpaired) electrons. The van der Waals surface area contributed by atoms with E-state index in [1.807, 2.05) is 0 Å². The number of nitrogens with one attached hydrogen (secondary N) is 2. The molecule has 0 spiro atoms. The summed E-state index contributed by atoms with van der Waals surface area (Å²) in [6.07, 6.45) is 3.42. The Labute approximate surface area is 76.4 Å². The minimum atomic E-state index is 0.128. The summed E-state index contributed by atoms with van der Waals surface area (Å²) < 4.78 is 0. The van der Waals surface area contributed by atoms with Crippen LogP contribution in [0.4, 0.5) is 0 Å². The van der Waals surface area contributed by atoms with E-state index in [1.54, 1.807) is 12.5 Å². The number of aromatic amines is 1. The highest BCUT2D eigenvalue weighted by Gasteiger charge is 1.91. The molecular weight excluding hydrogens is 168 g/mol. The maximum Gasteiger partial charge on any atom is 0.185 e. The summed E-state index contributed by atoms with van der Waals surface area (Å²) in [4.78, 5) is 10.7. The zero-order valence-electron chi connectivity index (χ0n) is 7.33. The molecule has 1 heterocycles. The van der Waals surface area contributed by atoms with E-state index in [2.05, 4.69) is 20.3 Å². The second kappa shape index (κ2) is 5.15. The number of nitrogens with zero attached hydrogens (tertiary/aromatic N) is 2. The zero-order chi connectivity index (χ0) is 9.52. The molecular formula is C7H14N6. The molecule has 6 N–H and O–H groups in total. The standard InChI is InChI=1S/C7H14N6/c8-7(9)12-2-1-10-3-6-4-11-5-13-6/h4-5,10H,1-3H2,(H,11,13)(H4,8,9,12). The normalized spacial score (nSPS) is 9.85. The first-order valence-corrected chi connectivity index (χ1v) is 4.02. The number of imidazole rings is 1. The summed E-state index contributed by atoms with van der Waals surface area (Å²) in [6.45, 7) is 2.09. The number of hydrogen-bond donors (Lipinski definition) is 4. The number of H-pyrrole nitrogens is 1. The Hall–Kier alpha value is -1.56. The largest absolute Gasteiger partial charge is 0.370 e. The van der Waals surface area contributed by atoms with Crippen LogP contribution in [0.3, 0.4) is 0 Å². The quantitative estimate of drug-likeness (QED) is 0.260. The SMILES string of the molecule is NC(N)=NCCNCc1cnc[nH]1. The highest BCUT2D eigenvalue weighted by atomic mass is 15.0. The fourth-order valence-electron chi connectivity index (χ4n) is 0.868. The summed E-state index contributed by atoms with van der Waals surface area (Å²) in [5.41, 5.74) is 11.4. The Kier molecular flexibility index (Phi) is 3.77. The van der Waals surface area contributed by atoms with Crippen LogP contribution in [0.5, 0.6) is 0 Å². The number of aromatic nitrogens is 2. The fourth-order valence-corrected chi connectivity index (χ4v) is 0.868. The van der Waals surface area contributed by atoms with E-state index in [0.717, 1.165) is 18.8 Å². The van der Waals surface area contributed by atoms with E-state index < -0.39 is 0 Å². The predicted molar refractivity (Wildman–Crippen MR) is 51.0 cm³/mol. The van der Waals surface area contributed by atoms with Crippen molar-refractivity contribution in [1.82, 2.24) is 15.3 Å². The van der Waals surface area contributed by atoms with Crippen molar-refractivity contribution in [1.29, 1.82) is 0 Å². The third-order valence-electron chi connectivity index (χ3n) is 1.45. The first-order valence-electron chi connectivity index (χ1n) is 4.02. The van der Waals surface area contributed by atoms with Crippen molar-refractivity contribution in [3.05, 3.63) is 18.2 Å². The van der Waals surface area contributed by atoms with Gasteiger partial charge in [0, 0.05) is 25.0 Å². The second-order valence-corrected chi connectivity index (χ2v) is 2.56. The summed E-state index contributed by atoms with van der Waals surface area (Å²) in [5.74, 6) is 0.128. The maximum absolute atomic E-state index is 5.15. The van der Waals surface area contributed by atoms with Crippen LogP contribution in [-0.2, 0) is 6.54 Å². The Morgan fingerprint density at radius 1 is 1.62 bits per heavy atom. The van der Waals surface area contributed by atoms with Gasteiger partial charge >= 0.3 is 0 Å². The van der Waals surface area contributed by atoms with Gasteiger partial charge in [-0.2, -0.15) is 0 Å². The Bertz CT molecular complexity index is 248. The molecule has 0 bridgehead atoms. The van der Waals surface area contributed by atoms with Crippen molar-refractivity contribution in [3.8, 4) is 0 Å². The van der Waals surface area contributed by atoms with Crippen LogP contribution in [0.25, 0.3) is 0 Å². The van der Waals surface area contributed by atoms with Crippen LogP contribution >= 0.6 is 0 Å². The molecule has 0 amide bonds. The van der Waals surface area contributed by atoms with Gasteiger partial charge in [0.1, 0.15) is 0 Å². The van der Waals surface area contributed by atoms with Crippen molar-refractivity contribution in [3.63, 3.8) is 0 Å². The molecule has 1 aromatic heterocycles. The van der Waals surface area contributed by atoms with Crippen LogP contribution in [0.15, 0.2) is 17.5 Å². The minimum Gasteiger partial charge on any atom is -0.370 e. The highest BCUT2D eigenvalue weighted by molar-refractivity contribution is 5.75. The summed E-state index contributed by atoms with van der Waals surface area (Å²) in [6, 6.07) is 0. The molecule has 1 rings (SSSR count). The lowest BCUT2D eigenvalue weighted by Gasteiger charge is -1.99. The van der Waals surface area contributed by atoms with Crippen molar-refractivity contribution < 1.29 is 0 Å². The van der Waals surface area contributed by atoms with E-state index >= 15 is 0 Å². The molecule has 13 heavy (non-hydrogen) atoms. The van der Waals surface area contributed by atoms with Gasteiger partial charge in [0.2, 0.25) is 0 Å². The molecule has 0 atom stereocenters. The third kappa shape index (κ3) is 4.12. The van der Waals surface area contributed by atoms with Gasteiger partial charge < -0.3 is 21.8 Å². The third-order valence-corrected chi connectivity index (χ3v) is 1.45. The van der Waals surface area contributed by atoms with Crippen molar-refractivity contribution in [2.24, 2.45) is 16.5 Å². The molecule has 0 aliphatic carbocycles. The average molecular weight is 182 g/mol.